The third kappa shape index (κ3) is 4.80. The minimum Gasteiger partial charge on any atom is -0.465 e. The van der Waals surface area contributed by atoms with Gasteiger partial charge < -0.3 is 19.6 Å². The van der Waals surface area contributed by atoms with E-state index in [1.165, 1.54) is 4.90 Å². The average Bonchev–Trinajstić information content (AvgIpc) is 3.54. The number of anilines is 1. The first-order chi connectivity index (χ1) is 18.2. The van der Waals surface area contributed by atoms with Gasteiger partial charge in [0.2, 0.25) is 5.91 Å². The van der Waals surface area contributed by atoms with Gasteiger partial charge in [-0.15, -0.1) is 24.9 Å². The summed E-state index contributed by atoms with van der Waals surface area (Å²) in [6.07, 6.45) is 7.30. The summed E-state index contributed by atoms with van der Waals surface area (Å²) >= 11 is 8.16. The Hall–Kier alpha value is -2.29. The van der Waals surface area contributed by atoms with Gasteiger partial charge in [-0.2, -0.15) is 0 Å². The number of thioether (sulfide) groups is 1. The van der Waals surface area contributed by atoms with Crippen molar-refractivity contribution in [2.75, 3.05) is 24.7 Å². The Bertz CT molecular complexity index is 1090. The maximum atomic E-state index is 14.5. The number of aliphatic hydroxyl groups is 1. The van der Waals surface area contributed by atoms with E-state index < -0.39 is 28.7 Å². The molecule has 3 fully saturated rings. The number of ether oxygens (including phenoxy) is 1. The van der Waals surface area contributed by atoms with E-state index in [-0.39, 0.29) is 36.2 Å². The van der Waals surface area contributed by atoms with Crippen LogP contribution in [0.15, 0.2) is 43.5 Å². The number of allylic oxidation sites excluding steroid dienone is 1. The molecule has 7 nitrogen and oxygen atoms in total. The average molecular weight is 561 g/mol. The smallest absolute Gasteiger partial charge is 0.310 e. The largest absolute Gasteiger partial charge is 0.465 e. The Morgan fingerprint density at radius 3 is 2.76 bits per heavy atom. The van der Waals surface area contributed by atoms with Gasteiger partial charge in [-0.05, 0) is 57.6 Å². The molecule has 3 saturated heterocycles. The zero-order valence-electron chi connectivity index (χ0n) is 22.1. The Balaban J connectivity index is 1.70. The van der Waals surface area contributed by atoms with Gasteiger partial charge in [-0.1, -0.05) is 35.9 Å². The van der Waals surface area contributed by atoms with E-state index in [2.05, 4.69) is 13.2 Å². The van der Waals surface area contributed by atoms with Crippen LogP contribution in [0.1, 0.15) is 44.6 Å². The van der Waals surface area contributed by atoms with Crippen molar-refractivity contribution >= 4 is 46.8 Å². The summed E-state index contributed by atoms with van der Waals surface area (Å²) in [6.45, 7) is 11.4. The summed E-state index contributed by atoms with van der Waals surface area (Å²) in [5.41, 5.74) is 1.41. The number of carbonyl (C=O) groups excluding carboxylic acids is 3. The standard InChI is InChI=1S/C29H37ClN2O5S/c1-5-7-8-9-16-37-28(36)22-21-13-14-29(38-21)23(22)26(34)32(19(4)17-33)25(29)27(35)31(15-6-2)24-18(3)11-10-12-20(24)30/h5-6,10-12,19,21-23,25,33H,1-2,7-9,13-17H2,3-4H3/t19-,21-,22+,23+,25?,29?/m1/s1. The van der Waals surface area contributed by atoms with Gasteiger partial charge >= 0.3 is 5.97 Å². The topological polar surface area (TPSA) is 87.1 Å². The van der Waals surface area contributed by atoms with Gasteiger partial charge in [0.25, 0.3) is 5.91 Å². The van der Waals surface area contributed by atoms with E-state index in [0.29, 0.717) is 23.7 Å². The number of hydrogen-bond acceptors (Lipinski definition) is 6. The summed E-state index contributed by atoms with van der Waals surface area (Å²) in [6, 6.07) is 4.01. The number of aryl methyl sites for hydroxylation is 1. The second kappa shape index (κ2) is 11.8. The molecule has 0 aromatic heterocycles. The molecule has 1 spiro atoms. The van der Waals surface area contributed by atoms with Crippen LogP contribution < -0.4 is 4.90 Å². The maximum Gasteiger partial charge on any atom is 0.310 e. The molecule has 2 amide bonds. The van der Waals surface area contributed by atoms with Crippen LogP contribution in [0, 0.1) is 18.8 Å². The highest BCUT2D eigenvalue weighted by Crippen LogP contribution is 2.67. The fraction of sp³-hybridized carbons (Fsp3) is 0.552. The summed E-state index contributed by atoms with van der Waals surface area (Å²) in [5.74, 6) is -2.18. The number of hydrogen-bond donors (Lipinski definition) is 1. The number of nitrogens with zero attached hydrogens (tertiary/aromatic N) is 2. The van der Waals surface area contributed by atoms with Crippen LogP contribution in [0.4, 0.5) is 5.69 Å². The van der Waals surface area contributed by atoms with Crippen LogP contribution in [0.3, 0.4) is 0 Å². The molecule has 3 aliphatic rings. The fourth-order valence-electron chi connectivity index (χ4n) is 6.39. The number of para-hydroxylation sites is 1. The maximum absolute atomic E-state index is 14.5. The summed E-state index contributed by atoms with van der Waals surface area (Å²) in [5, 5.41) is 10.4. The Kier molecular flexibility index (Phi) is 8.95. The highest BCUT2D eigenvalue weighted by Gasteiger charge is 2.74. The molecule has 2 bridgehead atoms. The van der Waals surface area contributed by atoms with E-state index >= 15 is 0 Å². The first-order valence-corrected chi connectivity index (χ1v) is 14.5. The summed E-state index contributed by atoms with van der Waals surface area (Å²) in [7, 11) is 0. The number of unbranched alkanes of at least 4 members (excludes halogenated alkanes) is 2. The van der Waals surface area contributed by atoms with E-state index in [1.54, 1.807) is 35.7 Å². The quantitative estimate of drug-likeness (QED) is 0.229. The second-order valence-electron chi connectivity index (χ2n) is 10.4. The van der Waals surface area contributed by atoms with E-state index in [4.69, 9.17) is 16.3 Å². The third-order valence-corrected chi connectivity index (χ3v) is 10.3. The molecule has 6 atom stereocenters. The lowest BCUT2D eigenvalue weighted by atomic mass is 9.71. The molecule has 38 heavy (non-hydrogen) atoms. The minimum atomic E-state index is -0.849. The number of amides is 2. The molecule has 0 radical (unpaired) electrons. The van der Waals surface area contributed by atoms with E-state index in [9.17, 15) is 19.5 Å². The van der Waals surface area contributed by atoms with Gasteiger partial charge in [0.1, 0.15) is 6.04 Å². The van der Waals surface area contributed by atoms with Crippen LogP contribution >= 0.6 is 23.4 Å². The fourth-order valence-corrected chi connectivity index (χ4v) is 8.90. The Morgan fingerprint density at radius 2 is 2.11 bits per heavy atom. The molecular formula is C29H37ClN2O5S. The van der Waals surface area contributed by atoms with Crippen LogP contribution in [-0.2, 0) is 19.1 Å². The van der Waals surface area contributed by atoms with Crippen molar-refractivity contribution in [1.29, 1.82) is 0 Å². The number of likely N-dealkylation sites (tertiary alicyclic amines) is 1. The van der Waals surface area contributed by atoms with Crippen molar-refractivity contribution in [2.45, 2.75) is 68.0 Å². The predicted molar refractivity (Wildman–Crippen MR) is 151 cm³/mol. The SMILES string of the molecule is C=CCCCCOC(=O)[C@@H]1[C@H]2C(=O)N([C@H](C)CO)C(C(=O)N(CC=C)c3c(C)cccc3Cl)C23CC[C@H]1S3. The summed E-state index contributed by atoms with van der Waals surface area (Å²) < 4.78 is 4.88. The monoisotopic (exact) mass is 560 g/mol. The van der Waals surface area contributed by atoms with Gasteiger partial charge in [0.15, 0.2) is 0 Å². The Morgan fingerprint density at radius 1 is 1.34 bits per heavy atom. The van der Waals surface area contributed by atoms with Crippen LogP contribution in [0.2, 0.25) is 5.02 Å². The first-order valence-electron chi connectivity index (χ1n) is 13.3. The van der Waals surface area contributed by atoms with Crippen molar-refractivity contribution in [3.05, 3.63) is 54.1 Å². The molecule has 3 aliphatic heterocycles. The molecule has 9 heteroatoms. The molecule has 1 N–H and O–H groups in total. The Labute approximate surface area is 234 Å². The minimum absolute atomic E-state index is 0.0820. The highest BCUT2D eigenvalue weighted by atomic mass is 35.5. The lowest BCUT2D eigenvalue weighted by Crippen LogP contribution is -2.57. The molecule has 3 heterocycles. The molecule has 1 aromatic rings. The normalized spacial score (nSPS) is 28.2. The van der Waals surface area contributed by atoms with Crippen molar-refractivity contribution < 1.29 is 24.2 Å². The van der Waals surface area contributed by atoms with Crippen LogP contribution in [-0.4, -0.2) is 69.6 Å². The highest BCUT2D eigenvalue weighted by molar-refractivity contribution is 8.02. The van der Waals surface area contributed by atoms with Crippen LogP contribution in [0.25, 0.3) is 0 Å². The molecule has 0 aliphatic carbocycles. The first kappa shape index (κ1) is 28.7. The number of benzene rings is 1. The van der Waals surface area contributed by atoms with Crippen LogP contribution in [0.5, 0.6) is 0 Å². The lowest BCUT2D eigenvalue weighted by Gasteiger charge is -2.39. The van der Waals surface area contributed by atoms with Gasteiger partial charge in [-0.25, -0.2) is 0 Å². The zero-order chi connectivity index (χ0) is 27.6. The number of aliphatic hydroxyl groups excluding tert-OH is 1. The van der Waals surface area contributed by atoms with Crippen molar-refractivity contribution in [1.82, 2.24) is 4.90 Å². The number of halogens is 1. The number of fused-ring (bicyclic) bond motifs is 1. The zero-order valence-corrected chi connectivity index (χ0v) is 23.7. The third-order valence-electron chi connectivity index (χ3n) is 8.07. The predicted octanol–water partition coefficient (Wildman–Crippen LogP) is 4.54. The molecule has 206 valence electrons. The van der Waals surface area contributed by atoms with Crippen molar-refractivity contribution in [2.24, 2.45) is 11.8 Å². The molecule has 1 aromatic carbocycles. The van der Waals surface area contributed by atoms with Gasteiger partial charge in [0, 0.05) is 11.8 Å². The molecule has 2 unspecified atom stereocenters. The number of rotatable bonds is 12. The number of esters is 1. The van der Waals surface area contributed by atoms with Gasteiger partial charge in [-0.3, -0.25) is 14.4 Å². The number of carbonyl (C=O) groups is 3. The molecular weight excluding hydrogens is 524 g/mol. The van der Waals surface area contributed by atoms with E-state index in [1.807, 2.05) is 25.1 Å². The summed E-state index contributed by atoms with van der Waals surface area (Å²) in [4.78, 5) is 45.0. The molecule has 4 rings (SSSR count). The molecule has 0 saturated carbocycles. The second-order valence-corrected chi connectivity index (χ2v) is 12.4. The van der Waals surface area contributed by atoms with Gasteiger partial charge in [0.05, 0.1) is 46.5 Å². The van der Waals surface area contributed by atoms with E-state index in [0.717, 1.165) is 31.2 Å². The lowest BCUT2D eigenvalue weighted by molar-refractivity contribution is -0.154. The van der Waals surface area contributed by atoms with Crippen molar-refractivity contribution in [3.63, 3.8) is 0 Å². The van der Waals surface area contributed by atoms with Crippen molar-refractivity contribution in [3.8, 4) is 0 Å².